The first-order chi connectivity index (χ1) is 18.3. The fourth-order valence-corrected chi connectivity index (χ4v) is 6.17. The molecule has 0 N–H and O–H groups in total. The predicted molar refractivity (Wildman–Crippen MR) is 158 cm³/mol. The van der Waals surface area contributed by atoms with Crippen LogP contribution in [-0.4, -0.2) is 9.13 Å². The lowest BCUT2D eigenvalue weighted by Crippen LogP contribution is -1.93. The molecule has 0 aliphatic carbocycles. The number of benzene rings is 6. The number of aromatic nitrogens is 2. The molecule has 174 valence electrons. The maximum Gasteiger partial charge on any atom is 0.0547 e. The van der Waals surface area contributed by atoms with E-state index in [0.717, 1.165) is 0 Å². The van der Waals surface area contributed by atoms with Crippen LogP contribution in [0, 0.1) is 0 Å². The summed E-state index contributed by atoms with van der Waals surface area (Å²) in [7, 11) is 2.16. The average molecular weight is 473 g/mol. The molecule has 0 saturated heterocycles. The van der Waals surface area contributed by atoms with Gasteiger partial charge in [-0.1, -0.05) is 84.9 Å². The van der Waals surface area contributed by atoms with Crippen molar-refractivity contribution in [3.63, 3.8) is 0 Å². The minimum atomic E-state index is 1.18. The first-order valence-corrected chi connectivity index (χ1v) is 12.8. The molecule has 0 bridgehead atoms. The number of hydrogen-bond donors (Lipinski definition) is 0. The fraction of sp³-hybridized carbons (Fsp3) is 0.0286. The van der Waals surface area contributed by atoms with Gasteiger partial charge in [0.05, 0.1) is 11.0 Å². The minimum Gasteiger partial charge on any atom is -0.344 e. The molecule has 0 radical (unpaired) electrons. The minimum absolute atomic E-state index is 1.18. The van der Waals surface area contributed by atoms with E-state index in [1.54, 1.807) is 0 Å². The monoisotopic (exact) mass is 472 g/mol. The summed E-state index contributed by atoms with van der Waals surface area (Å²) in [5.41, 5.74) is 8.65. The Kier molecular flexibility index (Phi) is 4.18. The molecule has 8 rings (SSSR count). The van der Waals surface area contributed by atoms with Crippen molar-refractivity contribution in [1.82, 2.24) is 9.13 Å². The van der Waals surface area contributed by atoms with Crippen molar-refractivity contribution in [3.05, 3.63) is 127 Å². The Morgan fingerprint density at radius 3 is 2.00 bits per heavy atom. The molecule has 0 fully saturated rings. The van der Waals surface area contributed by atoms with Gasteiger partial charge in [0.15, 0.2) is 0 Å². The lowest BCUT2D eigenvalue weighted by atomic mass is 9.99. The van der Waals surface area contributed by atoms with E-state index in [9.17, 15) is 0 Å². The van der Waals surface area contributed by atoms with Gasteiger partial charge in [-0.2, -0.15) is 0 Å². The molecule has 0 saturated carbocycles. The van der Waals surface area contributed by atoms with Gasteiger partial charge in [0.1, 0.15) is 0 Å². The van der Waals surface area contributed by atoms with Gasteiger partial charge >= 0.3 is 0 Å². The van der Waals surface area contributed by atoms with Crippen molar-refractivity contribution in [2.24, 2.45) is 7.05 Å². The number of rotatable bonds is 2. The van der Waals surface area contributed by atoms with E-state index < -0.39 is 0 Å². The van der Waals surface area contributed by atoms with E-state index in [0.29, 0.717) is 0 Å². The first-order valence-electron chi connectivity index (χ1n) is 12.8. The number of aryl methyl sites for hydroxylation is 1. The average Bonchev–Trinajstić information content (AvgIpc) is 3.45. The highest BCUT2D eigenvalue weighted by atomic mass is 15.0. The maximum atomic E-state index is 2.40. The zero-order valence-electron chi connectivity index (χ0n) is 20.5. The Labute approximate surface area is 214 Å². The maximum absolute atomic E-state index is 2.40. The summed E-state index contributed by atoms with van der Waals surface area (Å²) in [5.74, 6) is 0. The Hall–Kier alpha value is -4.82. The first kappa shape index (κ1) is 20.4. The van der Waals surface area contributed by atoms with E-state index in [2.05, 4.69) is 144 Å². The Bertz CT molecular complexity index is 2140. The molecule has 6 aromatic carbocycles. The molecule has 0 amide bonds. The molecule has 0 aliphatic rings. The van der Waals surface area contributed by atoms with Gasteiger partial charge < -0.3 is 9.13 Å². The molecule has 2 heteroatoms. The second-order valence-corrected chi connectivity index (χ2v) is 9.89. The fourth-order valence-electron chi connectivity index (χ4n) is 6.17. The molecular weight excluding hydrogens is 448 g/mol. The van der Waals surface area contributed by atoms with Crippen LogP contribution in [0.5, 0.6) is 0 Å². The van der Waals surface area contributed by atoms with Gasteiger partial charge in [0.2, 0.25) is 0 Å². The number of hydrogen-bond acceptors (Lipinski definition) is 0. The van der Waals surface area contributed by atoms with E-state index in [1.807, 2.05) is 0 Å². The Balaban J connectivity index is 1.44. The summed E-state index contributed by atoms with van der Waals surface area (Å²) in [6.45, 7) is 0. The van der Waals surface area contributed by atoms with Crippen LogP contribution in [0.3, 0.4) is 0 Å². The second kappa shape index (κ2) is 7.59. The number of nitrogens with zero attached hydrogens (tertiary/aromatic N) is 2. The van der Waals surface area contributed by atoms with Gasteiger partial charge in [0.25, 0.3) is 0 Å². The van der Waals surface area contributed by atoms with Crippen LogP contribution in [-0.2, 0) is 7.05 Å². The smallest absolute Gasteiger partial charge is 0.0547 e. The summed E-state index contributed by atoms with van der Waals surface area (Å²) in [4.78, 5) is 0. The normalized spacial score (nSPS) is 11.9. The van der Waals surface area contributed by atoms with Gasteiger partial charge in [0, 0.05) is 45.3 Å². The third kappa shape index (κ3) is 2.87. The summed E-state index contributed by atoms with van der Waals surface area (Å²) in [5, 5.41) is 7.76. The van der Waals surface area contributed by atoms with Gasteiger partial charge in [-0.05, 0) is 64.4 Å². The van der Waals surface area contributed by atoms with Crippen LogP contribution < -0.4 is 0 Å². The van der Waals surface area contributed by atoms with E-state index >= 15 is 0 Å². The van der Waals surface area contributed by atoms with Crippen LogP contribution in [0.2, 0.25) is 0 Å². The Morgan fingerprint density at radius 1 is 0.432 bits per heavy atom. The van der Waals surface area contributed by atoms with Gasteiger partial charge in [-0.25, -0.2) is 0 Å². The quantitative estimate of drug-likeness (QED) is 0.237. The summed E-state index contributed by atoms with van der Waals surface area (Å²) >= 11 is 0. The lowest BCUT2D eigenvalue weighted by molar-refractivity contribution is 1.01. The zero-order valence-corrected chi connectivity index (χ0v) is 20.5. The summed E-state index contributed by atoms with van der Waals surface area (Å²) in [6, 6.07) is 46.4. The van der Waals surface area contributed by atoms with Crippen LogP contribution in [0.1, 0.15) is 0 Å². The molecule has 2 nitrogen and oxygen atoms in total. The lowest BCUT2D eigenvalue weighted by Gasteiger charge is -2.08. The molecular formula is C35H24N2. The Morgan fingerprint density at radius 2 is 1.11 bits per heavy atom. The molecule has 37 heavy (non-hydrogen) atoms. The topological polar surface area (TPSA) is 9.86 Å². The number of fused-ring (bicyclic) bond motifs is 8. The van der Waals surface area contributed by atoms with Crippen LogP contribution in [0.25, 0.3) is 71.2 Å². The van der Waals surface area contributed by atoms with E-state index in [-0.39, 0.29) is 0 Å². The predicted octanol–water partition coefficient (Wildman–Crippen LogP) is 9.25. The highest BCUT2D eigenvalue weighted by Gasteiger charge is 2.16. The molecule has 2 aromatic heterocycles. The molecule has 2 heterocycles. The standard InChI is InChI=1S/C35H24N2/c1-36-31-14-8-7-13-28(31)29-18-15-25(22-34(29)36)24-17-19-32-30(21-24)35-27-12-6-5-9-23(27)16-20-33(35)37(32)26-10-3-2-4-11-26/h2-22H,1H3. The van der Waals surface area contributed by atoms with E-state index in [1.165, 1.54) is 71.2 Å². The summed E-state index contributed by atoms with van der Waals surface area (Å²) < 4.78 is 4.70. The zero-order chi connectivity index (χ0) is 24.5. The van der Waals surface area contributed by atoms with Crippen LogP contribution in [0.4, 0.5) is 0 Å². The van der Waals surface area contributed by atoms with Gasteiger partial charge in [-0.3, -0.25) is 0 Å². The highest BCUT2D eigenvalue weighted by Crippen LogP contribution is 2.39. The number of para-hydroxylation sites is 2. The van der Waals surface area contributed by atoms with Gasteiger partial charge in [-0.15, -0.1) is 0 Å². The largest absolute Gasteiger partial charge is 0.344 e. The van der Waals surface area contributed by atoms with Crippen LogP contribution >= 0.6 is 0 Å². The van der Waals surface area contributed by atoms with Crippen molar-refractivity contribution in [2.45, 2.75) is 0 Å². The third-order valence-electron chi connectivity index (χ3n) is 7.92. The molecule has 8 aromatic rings. The highest BCUT2D eigenvalue weighted by molar-refractivity contribution is 6.22. The molecule has 0 spiro atoms. The third-order valence-corrected chi connectivity index (χ3v) is 7.92. The summed E-state index contributed by atoms with van der Waals surface area (Å²) in [6.07, 6.45) is 0. The van der Waals surface area contributed by atoms with Crippen molar-refractivity contribution >= 4 is 54.4 Å². The van der Waals surface area contributed by atoms with Crippen LogP contribution in [0.15, 0.2) is 127 Å². The van der Waals surface area contributed by atoms with Crippen molar-refractivity contribution in [1.29, 1.82) is 0 Å². The molecule has 0 aliphatic heterocycles. The molecule has 0 unspecified atom stereocenters. The van der Waals surface area contributed by atoms with Crippen molar-refractivity contribution < 1.29 is 0 Å². The van der Waals surface area contributed by atoms with Crippen molar-refractivity contribution in [2.75, 3.05) is 0 Å². The van der Waals surface area contributed by atoms with E-state index in [4.69, 9.17) is 0 Å². The van der Waals surface area contributed by atoms with Crippen molar-refractivity contribution in [3.8, 4) is 16.8 Å². The SMILES string of the molecule is Cn1c2ccccc2c2ccc(-c3ccc4c(c3)c3c5ccccc5ccc3n4-c3ccccc3)cc21. The molecule has 0 atom stereocenters. The second-order valence-electron chi connectivity index (χ2n) is 9.89.